The van der Waals surface area contributed by atoms with Gasteiger partial charge in [-0.25, -0.2) is 0 Å². The second kappa shape index (κ2) is 6.41. The largest absolute Gasteiger partial charge is 0.392 e. The van der Waals surface area contributed by atoms with E-state index < -0.39 is 0 Å². The number of hydrogen-bond donors (Lipinski definition) is 2. The molecule has 5 heteroatoms. The lowest BCUT2D eigenvalue weighted by atomic mass is 9.58. The Morgan fingerprint density at radius 3 is 2.65 bits per heavy atom. The average Bonchev–Trinajstić information content (AvgIpc) is 2.47. The second-order valence-corrected chi connectivity index (χ2v) is 6.21. The van der Waals surface area contributed by atoms with Crippen LogP contribution in [0.5, 0.6) is 0 Å². The number of piperidine rings is 1. The number of hydrogen-bond acceptors (Lipinski definition) is 4. The molecule has 1 aliphatic heterocycles. The normalized spacial score (nSPS) is 30.1. The van der Waals surface area contributed by atoms with Crippen molar-refractivity contribution in [3.05, 3.63) is 0 Å². The van der Waals surface area contributed by atoms with Crippen LogP contribution in [0.2, 0.25) is 0 Å². The molecule has 1 heterocycles. The van der Waals surface area contributed by atoms with E-state index in [2.05, 4.69) is 5.32 Å². The van der Waals surface area contributed by atoms with Crippen LogP contribution in [0.25, 0.3) is 0 Å². The van der Waals surface area contributed by atoms with Gasteiger partial charge in [0.15, 0.2) is 0 Å². The minimum absolute atomic E-state index is 0.0167. The summed E-state index contributed by atoms with van der Waals surface area (Å²) in [7, 11) is 1.87. The van der Waals surface area contributed by atoms with Gasteiger partial charge in [-0.3, -0.25) is 4.79 Å². The highest BCUT2D eigenvalue weighted by Gasteiger charge is 2.56. The first-order chi connectivity index (χ1) is 9.55. The van der Waals surface area contributed by atoms with Gasteiger partial charge in [0, 0.05) is 44.0 Å². The van der Waals surface area contributed by atoms with Crippen molar-refractivity contribution in [3.8, 4) is 0 Å². The lowest BCUT2D eigenvalue weighted by molar-refractivity contribution is -0.210. The van der Waals surface area contributed by atoms with E-state index in [-0.39, 0.29) is 29.4 Å². The molecule has 1 amide bonds. The topological polar surface area (TPSA) is 61.8 Å². The van der Waals surface area contributed by atoms with Gasteiger partial charge in [-0.15, -0.1) is 0 Å². The predicted molar refractivity (Wildman–Crippen MR) is 77.4 cm³/mol. The van der Waals surface area contributed by atoms with E-state index in [1.54, 1.807) is 0 Å². The molecule has 2 rings (SSSR count). The summed E-state index contributed by atoms with van der Waals surface area (Å²) in [5.41, 5.74) is -0.0982. The highest BCUT2D eigenvalue weighted by molar-refractivity contribution is 5.78. The molecule has 116 valence electrons. The smallest absolute Gasteiger partial charge is 0.226 e. The van der Waals surface area contributed by atoms with Crippen molar-refractivity contribution >= 4 is 5.91 Å². The third-order valence-corrected chi connectivity index (χ3v) is 5.05. The Morgan fingerprint density at radius 2 is 2.15 bits per heavy atom. The maximum absolute atomic E-state index is 12.3. The van der Waals surface area contributed by atoms with E-state index in [1.807, 2.05) is 25.8 Å². The van der Waals surface area contributed by atoms with Gasteiger partial charge >= 0.3 is 0 Å². The average molecular weight is 284 g/mol. The van der Waals surface area contributed by atoms with Gasteiger partial charge < -0.3 is 20.1 Å². The molecule has 2 aliphatic rings. The molecule has 5 nitrogen and oxygen atoms in total. The minimum atomic E-state index is -0.258. The molecule has 0 aromatic carbocycles. The van der Waals surface area contributed by atoms with Crippen LogP contribution in [0.1, 0.15) is 33.1 Å². The quantitative estimate of drug-likeness (QED) is 0.777. The number of amides is 1. The van der Waals surface area contributed by atoms with Gasteiger partial charge in [0.2, 0.25) is 5.91 Å². The third kappa shape index (κ3) is 2.71. The maximum atomic E-state index is 12.3. The van der Waals surface area contributed by atoms with Gasteiger partial charge in [0.05, 0.1) is 12.2 Å². The van der Waals surface area contributed by atoms with Crippen LogP contribution in [0.4, 0.5) is 0 Å². The van der Waals surface area contributed by atoms with E-state index in [1.165, 1.54) is 0 Å². The van der Waals surface area contributed by atoms with E-state index in [4.69, 9.17) is 4.74 Å². The predicted octanol–water partition coefficient (Wildman–Crippen LogP) is 0.620. The Hall–Kier alpha value is -0.650. The molecular weight excluding hydrogens is 256 g/mol. The molecule has 1 saturated heterocycles. The first-order valence-electron chi connectivity index (χ1n) is 7.78. The lowest BCUT2D eigenvalue weighted by Crippen LogP contribution is -2.63. The van der Waals surface area contributed by atoms with Crippen LogP contribution < -0.4 is 5.32 Å². The van der Waals surface area contributed by atoms with Gasteiger partial charge in [-0.05, 0) is 26.8 Å². The van der Waals surface area contributed by atoms with Crippen LogP contribution in [0, 0.1) is 11.3 Å². The SMILES string of the molecule is CCOC1CC(O)C12CCN(C(=O)C(C)CNC)CC2. The molecule has 3 unspecified atom stereocenters. The number of carbonyl (C=O) groups excluding carboxylic acids is 1. The summed E-state index contributed by atoms with van der Waals surface area (Å²) in [6.07, 6.45) is 2.38. The molecule has 0 aromatic heterocycles. The summed E-state index contributed by atoms with van der Waals surface area (Å²) < 4.78 is 5.75. The Balaban J connectivity index is 1.90. The Bertz CT molecular complexity index is 338. The van der Waals surface area contributed by atoms with Crippen molar-refractivity contribution in [3.63, 3.8) is 0 Å². The summed E-state index contributed by atoms with van der Waals surface area (Å²) in [6.45, 7) is 6.85. The molecular formula is C15H28N2O3. The van der Waals surface area contributed by atoms with Crippen molar-refractivity contribution in [2.45, 2.75) is 45.3 Å². The number of carbonyl (C=O) groups is 1. The zero-order valence-electron chi connectivity index (χ0n) is 12.9. The molecule has 0 aromatic rings. The van der Waals surface area contributed by atoms with E-state index in [0.717, 1.165) is 32.4 Å². The number of ether oxygens (including phenoxy) is 1. The van der Waals surface area contributed by atoms with Crippen LogP contribution in [0.3, 0.4) is 0 Å². The minimum Gasteiger partial charge on any atom is -0.392 e. The molecule has 0 radical (unpaired) electrons. The summed E-state index contributed by atoms with van der Waals surface area (Å²) in [4.78, 5) is 14.2. The third-order valence-electron chi connectivity index (χ3n) is 5.05. The van der Waals surface area contributed by atoms with Gasteiger partial charge in [0.1, 0.15) is 0 Å². The summed E-state index contributed by atoms with van der Waals surface area (Å²) in [6, 6.07) is 0. The van der Waals surface area contributed by atoms with Crippen molar-refractivity contribution in [2.24, 2.45) is 11.3 Å². The number of nitrogens with zero attached hydrogens (tertiary/aromatic N) is 1. The van der Waals surface area contributed by atoms with Crippen LogP contribution in [-0.4, -0.2) is 61.4 Å². The Morgan fingerprint density at radius 1 is 1.50 bits per heavy atom. The molecule has 0 bridgehead atoms. The highest BCUT2D eigenvalue weighted by atomic mass is 16.5. The van der Waals surface area contributed by atoms with E-state index >= 15 is 0 Å². The Kier molecular flexibility index (Phi) is 5.04. The highest BCUT2D eigenvalue weighted by Crippen LogP contribution is 2.50. The fourth-order valence-electron chi connectivity index (χ4n) is 3.67. The van der Waals surface area contributed by atoms with Crippen molar-refractivity contribution in [1.29, 1.82) is 0 Å². The molecule has 2 fully saturated rings. The van der Waals surface area contributed by atoms with E-state index in [0.29, 0.717) is 13.2 Å². The number of rotatable bonds is 5. The Labute approximate surface area is 121 Å². The van der Waals surface area contributed by atoms with Crippen molar-refractivity contribution in [1.82, 2.24) is 10.2 Å². The number of aliphatic hydroxyl groups excluding tert-OH is 1. The summed E-state index contributed by atoms with van der Waals surface area (Å²) >= 11 is 0. The standard InChI is InChI=1S/C15H28N2O3/c1-4-20-13-9-12(18)15(13)5-7-17(8-6-15)14(19)11(2)10-16-3/h11-13,16,18H,4-10H2,1-3H3. The molecule has 1 spiro atoms. The van der Waals surface area contributed by atoms with Crippen molar-refractivity contribution < 1.29 is 14.6 Å². The van der Waals surface area contributed by atoms with Crippen LogP contribution >= 0.6 is 0 Å². The maximum Gasteiger partial charge on any atom is 0.226 e. The molecule has 20 heavy (non-hydrogen) atoms. The summed E-state index contributed by atoms with van der Waals surface area (Å²) in [5, 5.41) is 13.2. The summed E-state index contributed by atoms with van der Waals surface area (Å²) in [5.74, 6) is 0.235. The second-order valence-electron chi connectivity index (χ2n) is 6.21. The van der Waals surface area contributed by atoms with Crippen LogP contribution in [0.15, 0.2) is 0 Å². The number of aliphatic hydroxyl groups is 1. The van der Waals surface area contributed by atoms with Gasteiger partial charge in [-0.2, -0.15) is 0 Å². The fourth-order valence-corrected chi connectivity index (χ4v) is 3.67. The van der Waals surface area contributed by atoms with Crippen molar-refractivity contribution in [2.75, 3.05) is 33.3 Å². The monoisotopic (exact) mass is 284 g/mol. The molecule has 1 saturated carbocycles. The fraction of sp³-hybridized carbons (Fsp3) is 0.933. The first-order valence-corrected chi connectivity index (χ1v) is 7.78. The van der Waals surface area contributed by atoms with E-state index in [9.17, 15) is 9.90 Å². The molecule has 2 N–H and O–H groups in total. The molecule has 3 atom stereocenters. The van der Waals surface area contributed by atoms with Gasteiger partial charge in [-0.1, -0.05) is 6.92 Å². The number of likely N-dealkylation sites (tertiary alicyclic amines) is 1. The zero-order valence-corrected chi connectivity index (χ0v) is 12.9. The van der Waals surface area contributed by atoms with Gasteiger partial charge in [0.25, 0.3) is 0 Å². The zero-order chi connectivity index (χ0) is 14.8. The lowest BCUT2D eigenvalue weighted by Gasteiger charge is -2.56. The number of nitrogens with one attached hydrogen (secondary N) is 1. The molecule has 1 aliphatic carbocycles. The first kappa shape index (κ1) is 15.7. The van der Waals surface area contributed by atoms with Crippen LogP contribution in [-0.2, 0) is 9.53 Å².